The molecule has 5 heteroatoms. The molecule has 0 aliphatic carbocycles. The summed E-state index contributed by atoms with van der Waals surface area (Å²) >= 11 is 0. The van der Waals surface area contributed by atoms with Crippen molar-refractivity contribution < 1.29 is 0 Å². The van der Waals surface area contributed by atoms with Crippen LogP contribution in [0.25, 0.3) is 66.1 Å². The Bertz CT molecular complexity index is 2410. The van der Waals surface area contributed by atoms with Gasteiger partial charge >= 0.3 is 0 Å². The summed E-state index contributed by atoms with van der Waals surface area (Å²) in [6, 6.07) is 42.7. The quantitative estimate of drug-likeness (QED) is 0.177. The molecule has 0 aliphatic heterocycles. The second kappa shape index (κ2) is 8.39. The van der Waals surface area contributed by atoms with Crippen LogP contribution in [-0.2, 0) is 0 Å². The van der Waals surface area contributed by atoms with Crippen molar-refractivity contribution >= 4 is 49.3 Å². The highest BCUT2D eigenvalue weighted by Crippen LogP contribution is 2.35. The molecule has 0 fully saturated rings. The first kappa shape index (κ1) is 22.3. The Morgan fingerprint density at radius 3 is 2.12 bits per heavy atom. The Morgan fingerprint density at radius 2 is 1.30 bits per heavy atom. The van der Waals surface area contributed by atoms with Crippen molar-refractivity contribution in [3.8, 4) is 22.9 Å². The molecule has 8 rings (SSSR count). The van der Waals surface area contributed by atoms with E-state index in [1.807, 2.05) is 48.5 Å². The number of nitriles is 1. The van der Waals surface area contributed by atoms with E-state index in [0.29, 0.717) is 22.1 Å². The molecule has 0 aliphatic rings. The molecular formula is C35H20N4O. The van der Waals surface area contributed by atoms with Gasteiger partial charge in [0.15, 0.2) is 5.65 Å². The van der Waals surface area contributed by atoms with Crippen LogP contribution in [0.1, 0.15) is 5.56 Å². The van der Waals surface area contributed by atoms with E-state index in [-0.39, 0.29) is 5.56 Å². The van der Waals surface area contributed by atoms with Gasteiger partial charge in [-0.1, -0.05) is 66.7 Å². The lowest BCUT2D eigenvalue weighted by molar-refractivity contribution is 1.12. The third-order valence-electron chi connectivity index (χ3n) is 7.73. The summed E-state index contributed by atoms with van der Waals surface area (Å²) in [5.41, 5.74) is 7.21. The van der Waals surface area contributed by atoms with Crippen LogP contribution in [0.4, 0.5) is 0 Å². The third kappa shape index (κ3) is 3.14. The molecule has 5 nitrogen and oxygen atoms in total. The Balaban J connectivity index is 1.38. The van der Waals surface area contributed by atoms with Crippen molar-refractivity contribution in [3.63, 3.8) is 0 Å². The van der Waals surface area contributed by atoms with Gasteiger partial charge in [-0.3, -0.25) is 9.20 Å². The molecule has 186 valence electrons. The number of fused-ring (bicyclic) bond motifs is 7. The Morgan fingerprint density at radius 1 is 0.625 bits per heavy atom. The molecule has 0 atom stereocenters. The van der Waals surface area contributed by atoms with Gasteiger partial charge in [-0.2, -0.15) is 5.26 Å². The zero-order valence-electron chi connectivity index (χ0n) is 21.2. The predicted molar refractivity (Wildman–Crippen MR) is 161 cm³/mol. The number of aromatic nitrogens is 3. The summed E-state index contributed by atoms with van der Waals surface area (Å²) in [4.78, 5) is 18.7. The van der Waals surface area contributed by atoms with Gasteiger partial charge in [-0.15, -0.1) is 0 Å². The summed E-state index contributed by atoms with van der Waals surface area (Å²) in [6.07, 6.45) is 0. The minimum absolute atomic E-state index is 0.183. The molecule has 8 aromatic rings. The van der Waals surface area contributed by atoms with E-state index in [1.54, 1.807) is 10.5 Å². The molecule has 3 heterocycles. The van der Waals surface area contributed by atoms with Crippen LogP contribution in [0.5, 0.6) is 0 Å². The molecule has 0 radical (unpaired) electrons. The number of hydrogen-bond donors (Lipinski definition) is 0. The smallest absolute Gasteiger partial charge is 0.266 e. The van der Waals surface area contributed by atoms with Crippen LogP contribution in [0, 0.1) is 11.3 Å². The molecular weight excluding hydrogens is 492 g/mol. The van der Waals surface area contributed by atoms with E-state index >= 15 is 0 Å². The number of para-hydroxylation sites is 3. The van der Waals surface area contributed by atoms with Gasteiger partial charge in [-0.25, -0.2) is 4.98 Å². The van der Waals surface area contributed by atoms with E-state index in [1.165, 1.54) is 5.39 Å². The maximum Gasteiger partial charge on any atom is 0.266 e. The van der Waals surface area contributed by atoms with Crippen LogP contribution in [0.3, 0.4) is 0 Å². The van der Waals surface area contributed by atoms with Crippen molar-refractivity contribution in [2.45, 2.75) is 0 Å². The van der Waals surface area contributed by atoms with Gasteiger partial charge in [-0.05, 0) is 65.7 Å². The van der Waals surface area contributed by atoms with Gasteiger partial charge in [0.25, 0.3) is 5.56 Å². The summed E-state index contributed by atoms with van der Waals surface area (Å²) < 4.78 is 3.85. The second-order valence-electron chi connectivity index (χ2n) is 9.96. The highest BCUT2D eigenvalue weighted by molar-refractivity contribution is 6.10. The molecule has 5 aromatic carbocycles. The zero-order chi connectivity index (χ0) is 26.8. The maximum atomic E-state index is 13.9. The van der Waals surface area contributed by atoms with Gasteiger partial charge in [0.05, 0.1) is 33.0 Å². The van der Waals surface area contributed by atoms with Crippen molar-refractivity contribution in [1.29, 1.82) is 5.26 Å². The fourth-order valence-electron chi connectivity index (χ4n) is 5.89. The average molecular weight is 513 g/mol. The van der Waals surface area contributed by atoms with Crippen LogP contribution < -0.4 is 5.56 Å². The van der Waals surface area contributed by atoms with E-state index in [2.05, 4.69) is 77.4 Å². The summed E-state index contributed by atoms with van der Waals surface area (Å²) in [5.74, 6) is 0. The lowest BCUT2D eigenvalue weighted by atomic mass is 10.0. The van der Waals surface area contributed by atoms with E-state index in [4.69, 9.17) is 4.98 Å². The van der Waals surface area contributed by atoms with Crippen LogP contribution in [0.2, 0.25) is 0 Å². The van der Waals surface area contributed by atoms with E-state index in [9.17, 15) is 10.1 Å². The molecule has 40 heavy (non-hydrogen) atoms. The fourth-order valence-corrected chi connectivity index (χ4v) is 5.89. The first-order valence-corrected chi connectivity index (χ1v) is 13.1. The molecule has 0 N–H and O–H groups in total. The first-order chi connectivity index (χ1) is 19.7. The molecule has 0 saturated heterocycles. The molecule has 0 amide bonds. The predicted octanol–water partition coefficient (Wildman–Crippen LogP) is 7.64. The molecule has 0 unspecified atom stereocenters. The zero-order valence-corrected chi connectivity index (χ0v) is 21.2. The second-order valence-corrected chi connectivity index (χ2v) is 9.96. The van der Waals surface area contributed by atoms with E-state index < -0.39 is 0 Å². The van der Waals surface area contributed by atoms with Gasteiger partial charge < -0.3 is 4.57 Å². The minimum atomic E-state index is -0.183. The Hall–Kier alpha value is -5.73. The fraction of sp³-hybridized carbons (Fsp3) is 0. The molecule has 3 aromatic heterocycles. The summed E-state index contributed by atoms with van der Waals surface area (Å²) in [7, 11) is 0. The number of nitrogens with zero attached hydrogens (tertiary/aromatic N) is 4. The first-order valence-electron chi connectivity index (χ1n) is 13.1. The summed E-state index contributed by atoms with van der Waals surface area (Å²) in [6.45, 7) is 0. The van der Waals surface area contributed by atoms with Crippen molar-refractivity contribution in [2.24, 2.45) is 0 Å². The maximum absolute atomic E-state index is 13.9. The van der Waals surface area contributed by atoms with Gasteiger partial charge in [0, 0.05) is 21.8 Å². The largest absolute Gasteiger partial charge is 0.309 e. The standard InChI is InChI=1S/C35H20N4O/c36-21-25-18-24-8-4-6-12-31(24)39-34(25)37-30-16-14-22(20-29(30)35(39)40)23-15-17-33-28(19-23)27-11-5-7-13-32(27)38(33)26-9-2-1-3-10-26/h1-20H. The molecule has 0 bridgehead atoms. The van der Waals surface area contributed by atoms with Crippen molar-refractivity contribution in [1.82, 2.24) is 14.0 Å². The highest BCUT2D eigenvalue weighted by Gasteiger charge is 2.16. The lowest BCUT2D eigenvalue weighted by Gasteiger charge is -2.10. The average Bonchev–Trinajstić information content (AvgIpc) is 3.34. The molecule has 0 spiro atoms. The normalized spacial score (nSPS) is 11.6. The SMILES string of the molecule is N#Cc1cc2ccccc2n2c(=O)c3cc(-c4ccc5c(c4)c4ccccc4n5-c4ccccc4)ccc3nc12. The van der Waals surface area contributed by atoms with Crippen molar-refractivity contribution in [3.05, 3.63) is 137 Å². The highest BCUT2D eigenvalue weighted by atomic mass is 16.1. The number of rotatable bonds is 2. The van der Waals surface area contributed by atoms with Gasteiger partial charge in [0.1, 0.15) is 6.07 Å². The number of pyridine rings is 1. The molecule has 0 saturated carbocycles. The third-order valence-corrected chi connectivity index (χ3v) is 7.73. The van der Waals surface area contributed by atoms with Crippen molar-refractivity contribution in [2.75, 3.05) is 0 Å². The Kier molecular flexibility index (Phi) is 4.67. The van der Waals surface area contributed by atoms with E-state index in [0.717, 1.165) is 44.1 Å². The minimum Gasteiger partial charge on any atom is -0.309 e. The van der Waals surface area contributed by atoms with Crippen LogP contribution in [0.15, 0.2) is 126 Å². The topological polar surface area (TPSA) is 63.1 Å². The summed E-state index contributed by atoms with van der Waals surface area (Å²) in [5, 5.41) is 13.4. The Labute approximate surface area is 228 Å². The number of benzene rings is 5. The van der Waals surface area contributed by atoms with Gasteiger partial charge in [0.2, 0.25) is 0 Å². The monoisotopic (exact) mass is 512 g/mol. The van der Waals surface area contributed by atoms with Crippen LogP contribution in [-0.4, -0.2) is 14.0 Å². The number of hydrogen-bond acceptors (Lipinski definition) is 3. The lowest BCUT2D eigenvalue weighted by Crippen LogP contribution is -2.17. The van der Waals surface area contributed by atoms with Crippen LogP contribution >= 0.6 is 0 Å².